The average molecular weight is 525 g/mol. The molecule has 184 valence electrons. The summed E-state index contributed by atoms with van der Waals surface area (Å²) < 4.78 is 11.9. The molecule has 0 fully saturated rings. The van der Waals surface area contributed by atoms with Gasteiger partial charge in [-0.15, -0.1) is 0 Å². The summed E-state index contributed by atoms with van der Waals surface area (Å²) in [6.07, 6.45) is 0.832. The standard InChI is InChI=1S/C25H27N3O7.2Na/c1-14-13-28(2)24(32)22(23(14)31)27-25(33)26-19(12-21(29)30)16-7-5-6-15(10-16)18-9-8-17(34-3)11-20(18)35-4;;/h5-11,13,19,31H,12H2,1-4H3,(H,29,30)(H2,26,27,33);;/q;2*+1/p-2/t19-;;/m0../s1. The summed E-state index contributed by atoms with van der Waals surface area (Å²) in [4.78, 5) is 36.4. The molecular weight excluding hydrogens is 500 g/mol. The first-order valence-electron chi connectivity index (χ1n) is 10.6. The largest absolute Gasteiger partial charge is 1.00 e. The maximum absolute atomic E-state index is 12.7. The molecule has 1 aromatic heterocycles. The second-order valence-corrected chi connectivity index (χ2v) is 7.85. The summed E-state index contributed by atoms with van der Waals surface area (Å²) in [5.74, 6) is -0.858. The summed E-state index contributed by atoms with van der Waals surface area (Å²) in [6.45, 7) is 1.52. The van der Waals surface area contributed by atoms with Crippen molar-refractivity contribution >= 4 is 17.7 Å². The zero-order valence-electron chi connectivity index (χ0n) is 21.7. The molecule has 2 N–H and O–H groups in total. The quantitative estimate of drug-likeness (QED) is 0.282. The van der Waals surface area contributed by atoms with E-state index in [0.717, 1.165) is 5.56 Å². The number of carboxylic acids is 1. The van der Waals surface area contributed by atoms with Gasteiger partial charge in [0.15, 0.2) is 0 Å². The predicted octanol–water partition coefficient (Wildman–Crippen LogP) is -4.54. The topological polar surface area (TPSA) is 145 Å². The molecule has 1 heterocycles. The van der Waals surface area contributed by atoms with Crippen molar-refractivity contribution in [1.29, 1.82) is 0 Å². The average Bonchev–Trinajstić information content (AvgIpc) is 2.84. The van der Waals surface area contributed by atoms with Crippen molar-refractivity contribution in [3.63, 3.8) is 0 Å². The number of carbonyl (C=O) groups excluding carboxylic acids is 2. The molecule has 0 aliphatic heterocycles. The van der Waals surface area contributed by atoms with Crippen molar-refractivity contribution < 1.29 is 88.4 Å². The fraction of sp³-hybridized carbons (Fsp3) is 0.240. The Kier molecular flexibility index (Phi) is 12.7. The van der Waals surface area contributed by atoms with Crippen LogP contribution in [0.25, 0.3) is 11.1 Å². The summed E-state index contributed by atoms with van der Waals surface area (Å²) in [6, 6.07) is 10.3. The number of methoxy groups -OCH3 is 2. The fourth-order valence-corrected chi connectivity index (χ4v) is 3.68. The van der Waals surface area contributed by atoms with Gasteiger partial charge in [0.2, 0.25) is 0 Å². The van der Waals surface area contributed by atoms with E-state index in [9.17, 15) is 24.6 Å². The van der Waals surface area contributed by atoms with Crippen LogP contribution in [0, 0.1) is 6.92 Å². The van der Waals surface area contributed by atoms with Gasteiger partial charge in [-0.05, 0) is 41.8 Å². The molecule has 2 amide bonds. The molecule has 2 aromatic carbocycles. The van der Waals surface area contributed by atoms with Crippen LogP contribution in [0.15, 0.2) is 53.5 Å². The van der Waals surface area contributed by atoms with Gasteiger partial charge in [-0.1, -0.05) is 23.9 Å². The van der Waals surface area contributed by atoms with Gasteiger partial charge in [-0.3, -0.25) is 4.79 Å². The van der Waals surface area contributed by atoms with Crippen LogP contribution in [0.3, 0.4) is 0 Å². The minimum Gasteiger partial charge on any atom is -0.871 e. The molecule has 1 atom stereocenters. The number of urea groups is 1. The first kappa shape index (κ1) is 32.6. The molecule has 10 nitrogen and oxygen atoms in total. The molecule has 0 saturated heterocycles. The summed E-state index contributed by atoms with van der Waals surface area (Å²) >= 11 is 0. The van der Waals surface area contributed by atoms with Crippen LogP contribution in [0.1, 0.15) is 23.6 Å². The Labute approximate surface area is 258 Å². The van der Waals surface area contributed by atoms with E-state index in [-0.39, 0.29) is 64.7 Å². The first-order valence-corrected chi connectivity index (χ1v) is 10.6. The molecule has 3 rings (SSSR count). The van der Waals surface area contributed by atoms with Crippen molar-refractivity contribution in [2.75, 3.05) is 19.5 Å². The summed E-state index contributed by atoms with van der Waals surface area (Å²) in [5, 5.41) is 28.6. The molecule has 0 aliphatic carbocycles. The zero-order valence-corrected chi connectivity index (χ0v) is 25.7. The number of carbonyl (C=O) groups is 2. The maximum Gasteiger partial charge on any atom is 1.00 e. The number of anilines is 1. The van der Waals surface area contributed by atoms with Crippen LogP contribution in [0.5, 0.6) is 17.2 Å². The Morgan fingerprint density at radius 3 is 2.41 bits per heavy atom. The molecule has 0 saturated carbocycles. The van der Waals surface area contributed by atoms with E-state index in [1.807, 2.05) is 6.07 Å². The van der Waals surface area contributed by atoms with Gasteiger partial charge in [-0.25, -0.2) is 4.79 Å². The van der Waals surface area contributed by atoms with Gasteiger partial charge in [0, 0.05) is 37.3 Å². The number of aromatic nitrogens is 1. The number of hydrogen-bond acceptors (Lipinski definition) is 7. The number of aryl methyl sites for hydroxylation is 2. The number of nitrogens with zero attached hydrogens (tertiary/aromatic N) is 1. The molecule has 0 unspecified atom stereocenters. The Balaban J connectivity index is 0.00000342. The third-order valence-corrected chi connectivity index (χ3v) is 5.43. The number of ether oxygens (including phenoxy) is 2. The van der Waals surface area contributed by atoms with Crippen molar-refractivity contribution in [3.05, 3.63) is 70.1 Å². The van der Waals surface area contributed by atoms with Crippen molar-refractivity contribution in [2.24, 2.45) is 7.05 Å². The number of carboxylic acid groups (broad SMARTS) is 1. The minimum atomic E-state index is -1.39. The zero-order chi connectivity index (χ0) is 25.7. The van der Waals surface area contributed by atoms with Gasteiger partial charge in [0.1, 0.15) is 17.2 Å². The molecule has 0 spiro atoms. The Hall–Kier alpha value is -2.47. The van der Waals surface area contributed by atoms with Gasteiger partial charge in [-0.2, -0.15) is 0 Å². The fourth-order valence-electron chi connectivity index (χ4n) is 3.68. The van der Waals surface area contributed by atoms with Crippen LogP contribution in [0.2, 0.25) is 0 Å². The van der Waals surface area contributed by atoms with Gasteiger partial charge >= 0.3 is 65.1 Å². The van der Waals surface area contributed by atoms with Crippen LogP contribution in [-0.4, -0.2) is 30.8 Å². The normalized spacial score (nSPS) is 10.8. The molecular formula is C25H25N3Na2O7. The van der Waals surface area contributed by atoms with Crippen molar-refractivity contribution in [2.45, 2.75) is 19.4 Å². The molecule has 12 heteroatoms. The molecule has 3 aromatic rings. The second-order valence-electron chi connectivity index (χ2n) is 7.85. The van der Waals surface area contributed by atoms with E-state index >= 15 is 0 Å². The molecule has 0 bridgehead atoms. The van der Waals surface area contributed by atoms with Crippen molar-refractivity contribution in [1.82, 2.24) is 9.88 Å². The Morgan fingerprint density at radius 2 is 1.78 bits per heavy atom. The monoisotopic (exact) mass is 525 g/mol. The van der Waals surface area contributed by atoms with E-state index in [2.05, 4.69) is 10.6 Å². The van der Waals surface area contributed by atoms with E-state index in [0.29, 0.717) is 22.6 Å². The summed E-state index contributed by atoms with van der Waals surface area (Å²) in [5.41, 5.74) is 1.08. The number of nitrogens with one attached hydrogen (secondary N) is 2. The van der Waals surface area contributed by atoms with Gasteiger partial charge < -0.3 is 39.7 Å². The van der Waals surface area contributed by atoms with Crippen LogP contribution in [-0.2, 0) is 11.8 Å². The van der Waals surface area contributed by atoms with Crippen LogP contribution >= 0.6 is 0 Å². The van der Waals surface area contributed by atoms with Gasteiger partial charge in [0.05, 0.1) is 20.3 Å². The summed E-state index contributed by atoms with van der Waals surface area (Å²) in [7, 11) is 4.52. The number of rotatable bonds is 8. The Morgan fingerprint density at radius 1 is 1.08 bits per heavy atom. The minimum absolute atomic E-state index is 0. The van der Waals surface area contributed by atoms with E-state index in [4.69, 9.17) is 9.47 Å². The van der Waals surface area contributed by atoms with Crippen molar-refractivity contribution in [3.8, 4) is 28.4 Å². The van der Waals surface area contributed by atoms with Crippen LogP contribution in [0.4, 0.5) is 10.5 Å². The van der Waals surface area contributed by atoms with Crippen LogP contribution < -0.4 is 95.0 Å². The van der Waals surface area contributed by atoms with Gasteiger partial charge in [0.25, 0.3) is 5.56 Å². The number of benzene rings is 2. The van der Waals surface area contributed by atoms with E-state index in [1.54, 1.807) is 43.5 Å². The molecule has 0 aliphatic rings. The first-order chi connectivity index (χ1) is 16.6. The Bertz CT molecular complexity index is 1330. The van der Waals surface area contributed by atoms with E-state index < -0.39 is 41.5 Å². The number of hydrogen-bond donors (Lipinski definition) is 2. The van der Waals surface area contributed by atoms with E-state index in [1.165, 1.54) is 31.8 Å². The number of pyridine rings is 1. The number of amides is 2. The molecule has 37 heavy (non-hydrogen) atoms. The number of aliphatic carboxylic acids is 1. The second kappa shape index (κ2) is 14.5. The predicted molar refractivity (Wildman–Crippen MR) is 125 cm³/mol. The third-order valence-electron chi connectivity index (χ3n) is 5.43. The maximum atomic E-state index is 12.7. The smallest absolute Gasteiger partial charge is 0.871 e. The SMILES string of the molecule is COc1ccc(-c2cccc([C@H](CC(=O)[O-])NC(=O)Nc3c([O-])c(C)cn(C)c3=O)c2)c(OC)c1.[Na+].[Na+]. The third kappa shape index (κ3) is 8.00. The molecule has 0 radical (unpaired) electrons.